The number of phenols is 2. The molecule has 0 unspecified atom stereocenters. The molecule has 0 amide bonds. The fraction of sp³-hybridized carbons (Fsp3) is 0.150. The molecule has 24 heavy (non-hydrogen) atoms. The summed E-state index contributed by atoms with van der Waals surface area (Å²) in [4.78, 5) is 0. The third kappa shape index (κ3) is 33.2. The van der Waals surface area contributed by atoms with Crippen LogP contribution in [0.1, 0.15) is 21.3 Å². The molecule has 0 aromatic heterocycles. The van der Waals surface area contributed by atoms with Crippen LogP contribution in [0.2, 0.25) is 0 Å². The minimum atomic E-state index is 0. The second kappa shape index (κ2) is 34.0. The van der Waals surface area contributed by atoms with Crippen LogP contribution in [-0.2, 0) is 21.1 Å². The first-order valence-corrected chi connectivity index (χ1v) is 5.76. The van der Waals surface area contributed by atoms with Crippen LogP contribution in [0, 0.1) is 53.4 Å². The Bertz CT molecular complexity index is 379. The molecule has 0 radical (unpaired) electrons. The van der Waals surface area contributed by atoms with E-state index < -0.39 is 0 Å². The van der Waals surface area contributed by atoms with E-state index in [1.165, 1.54) is 0 Å². The number of benzene rings is 2. The molecule has 0 atom stereocenters. The number of phenolic OH excluding ortho intramolecular Hbond substituents is 2. The van der Waals surface area contributed by atoms with Gasteiger partial charge in [0.15, 0.2) is 0 Å². The first kappa shape index (κ1) is 43.7. The van der Waals surface area contributed by atoms with Gasteiger partial charge in [0.2, 0.25) is 0 Å². The number of hydrogen-bond acceptors (Lipinski definition) is 2. The van der Waals surface area contributed by atoms with Crippen molar-refractivity contribution in [2.75, 3.05) is 0 Å². The Balaban J connectivity index is -0.0000000331. The fourth-order valence-electron chi connectivity index (χ4n) is 0.856. The van der Waals surface area contributed by atoms with Gasteiger partial charge in [-0.05, 0) is 38.1 Å². The molecule has 2 N–H and O–H groups in total. The van der Waals surface area contributed by atoms with Gasteiger partial charge >= 0.3 is 21.1 Å². The Hall–Kier alpha value is -0.480. The molecule has 4 heteroatoms. The van der Waals surface area contributed by atoms with Crippen molar-refractivity contribution in [2.45, 2.75) is 21.3 Å². The van der Waals surface area contributed by atoms with Gasteiger partial charge in [-0.1, -0.05) is 56.0 Å². The van der Waals surface area contributed by atoms with Crippen molar-refractivity contribution < 1.29 is 62.4 Å². The van der Waals surface area contributed by atoms with E-state index in [9.17, 15) is 0 Å². The molecule has 2 aromatic rings. The van der Waals surface area contributed by atoms with Gasteiger partial charge in [-0.3, -0.25) is 0 Å². The zero-order valence-electron chi connectivity index (χ0n) is 14.7. The maximum absolute atomic E-state index is 8.63. The summed E-state index contributed by atoms with van der Waals surface area (Å²) in [5, 5.41) is 17.3. The van der Waals surface area contributed by atoms with Crippen molar-refractivity contribution in [1.29, 1.82) is 0 Å². The van der Waals surface area contributed by atoms with Gasteiger partial charge in [0.1, 0.15) is 11.5 Å². The van der Waals surface area contributed by atoms with Gasteiger partial charge in [-0.25, -0.2) is 0 Å². The molecule has 2 aromatic carbocycles. The third-order valence-corrected chi connectivity index (χ3v) is 1.85. The van der Waals surface area contributed by atoms with Crippen LogP contribution in [0.4, 0.5) is 0 Å². The second-order valence-electron chi connectivity index (χ2n) is 3.34. The van der Waals surface area contributed by atoms with Crippen LogP contribution < -0.4 is 0 Å². The van der Waals surface area contributed by atoms with Crippen molar-refractivity contribution in [1.82, 2.24) is 0 Å². The van der Waals surface area contributed by atoms with Crippen molar-refractivity contribution in [3.8, 4) is 11.5 Å². The summed E-state index contributed by atoms with van der Waals surface area (Å²) in [6.07, 6.45) is 4.00. The van der Waals surface area contributed by atoms with Crippen molar-refractivity contribution in [3.05, 3.63) is 95.1 Å². The first-order valence-electron chi connectivity index (χ1n) is 5.76. The van der Waals surface area contributed by atoms with Crippen LogP contribution in [0.5, 0.6) is 11.5 Å². The molecule has 0 fully saturated rings. The van der Waals surface area contributed by atoms with Crippen LogP contribution in [-0.4, -0.2) is 10.2 Å². The number of allylic oxidation sites excluding steroid dienone is 2. The fourth-order valence-corrected chi connectivity index (χ4v) is 0.856. The molecule has 0 aliphatic carbocycles. The molecule has 0 aliphatic heterocycles. The minimum absolute atomic E-state index is 0. The maximum Gasteiger partial charge on any atom is 2.00 e. The van der Waals surface area contributed by atoms with E-state index in [-0.39, 0.29) is 81.9 Å². The number of aromatic hydroxyl groups is 2. The van der Waals surface area contributed by atoms with Gasteiger partial charge in [-0.15, -0.1) is 0 Å². The molecule has 0 saturated heterocycles. The average molecular weight is 727 g/mol. The largest absolute Gasteiger partial charge is 2.00 e. The molecule has 0 aliphatic rings. The topological polar surface area (TPSA) is 40.5 Å². The monoisotopic (exact) mass is 727 g/mol. The quantitative estimate of drug-likeness (QED) is 0.246. The summed E-state index contributed by atoms with van der Waals surface area (Å²) >= 11 is 0. The Morgan fingerprint density at radius 1 is 0.625 bits per heavy atom. The van der Waals surface area contributed by atoms with Gasteiger partial charge in [0.05, 0.1) is 0 Å². The molecule has 136 valence electrons. The van der Waals surface area contributed by atoms with Crippen LogP contribution >= 0.6 is 0 Å². The molecule has 2 rings (SSSR count). The van der Waals surface area contributed by atoms with Crippen LogP contribution in [0.25, 0.3) is 0 Å². The molecular weight excluding hydrogens is 694 g/mol. The summed E-state index contributed by atoms with van der Waals surface area (Å²) in [7, 11) is 0. The summed E-state index contributed by atoms with van der Waals surface area (Å²) in [5.41, 5.74) is 0. The second-order valence-corrected chi connectivity index (χ2v) is 3.34. The normalized spacial score (nSPS) is 6.58. The Morgan fingerprint density at radius 2 is 0.833 bits per heavy atom. The molecule has 0 heterocycles. The van der Waals surface area contributed by atoms with Crippen LogP contribution in [0.15, 0.2) is 72.8 Å². The molecule has 0 bridgehead atoms. The van der Waals surface area contributed by atoms with Gasteiger partial charge in [-0.2, -0.15) is 0 Å². The average Bonchev–Trinajstić information content (AvgIpc) is 2.41. The maximum atomic E-state index is 8.63. The Labute approximate surface area is 189 Å². The van der Waals surface area contributed by atoms with E-state index in [4.69, 9.17) is 10.2 Å². The standard InChI is InChI=1S/2C6H6O.C4H8.CH4.3CH3.U.W/c2*7-6-4-2-1-3-5-6;1-3-4-2;;;;;;/h2*1-5,7H;3-4H,1-2H3;1H4;3*1H3;;/q;;;;3*-1;;+2/b;;4-3+;;;;;;. The van der Waals surface area contributed by atoms with E-state index in [1.807, 2.05) is 38.1 Å². The Kier molecular flexibility index (Phi) is 61.9. The predicted molar refractivity (Wildman–Crippen MR) is 103 cm³/mol. The third-order valence-electron chi connectivity index (χ3n) is 1.85. The van der Waals surface area contributed by atoms with Crippen molar-refractivity contribution in [2.24, 2.45) is 0 Å². The van der Waals surface area contributed by atoms with Gasteiger partial charge < -0.3 is 32.5 Å². The van der Waals surface area contributed by atoms with Gasteiger partial charge in [0, 0.05) is 31.1 Å². The van der Waals surface area contributed by atoms with E-state index in [0.717, 1.165) is 0 Å². The van der Waals surface area contributed by atoms with Gasteiger partial charge in [0.25, 0.3) is 0 Å². The SMILES string of the molecule is C.C/C=C/C.Oc1ccccc1.Oc1ccccc1.[CH3-].[CH3-].[CH3-].[U].[W+2]. The minimum Gasteiger partial charge on any atom is -0.508 e. The summed E-state index contributed by atoms with van der Waals surface area (Å²) in [5.74, 6) is 0.644. The summed E-state index contributed by atoms with van der Waals surface area (Å²) in [6.45, 7) is 4.00. The van der Waals surface area contributed by atoms with E-state index in [0.29, 0.717) is 11.5 Å². The predicted octanol–water partition coefficient (Wildman–Crippen LogP) is 6.35. The van der Waals surface area contributed by atoms with E-state index >= 15 is 0 Å². The molecule has 0 spiro atoms. The number of rotatable bonds is 0. The molecule has 0 saturated carbocycles. The van der Waals surface area contributed by atoms with Crippen molar-refractivity contribution in [3.63, 3.8) is 0 Å². The van der Waals surface area contributed by atoms with Crippen molar-refractivity contribution >= 4 is 0 Å². The summed E-state index contributed by atoms with van der Waals surface area (Å²) in [6, 6.07) is 17.4. The first-order chi connectivity index (χ1) is 8.70. The molecular formula is C20H33O2UW-. The zero-order valence-corrected chi connectivity index (χ0v) is 21.8. The van der Waals surface area contributed by atoms with E-state index in [1.54, 1.807) is 48.5 Å². The molecule has 2 nitrogen and oxygen atoms in total. The van der Waals surface area contributed by atoms with E-state index in [2.05, 4.69) is 0 Å². The number of para-hydroxylation sites is 2. The Morgan fingerprint density at radius 3 is 0.917 bits per heavy atom. The summed E-state index contributed by atoms with van der Waals surface area (Å²) < 4.78 is 0. The van der Waals surface area contributed by atoms with Crippen LogP contribution in [0.3, 0.4) is 0 Å². The smallest absolute Gasteiger partial charge is 0.508 e. The zero-order chi connectivity index (χ0) is 13.6. The number of hydrogen-bond donors (Lipinski definition) is 2.